The van der Waals surface area contributed by atoms with Gasteiger partial charge in [-0.15, -0.1) is 0 Å². The zero-order valence-corrected chi connectivity index (χ0v) is 24.1. The van der Waals surface area contributed by atoms with Gasteiger partial charge < -0.3 is 9.32 Å². The Kier molecular flexibility index (Phi) is 6.51. The van der Waals surface area contributed by atoms with E-state index >= 15 is 0 Å². The topological polar surface area (TPSA) is 16.4 Å². The molecule has 0 saturated heterocycles. The predicted molar refractivity (Wildman–Crippen MR) is 185 cm³/mol. The van der Waals surface area contributed by atoms with Crippen molar-refractivity contribution in [1.29, 1.82) is 0 Å². The fraction of sp³-hybridized carbons (Fsp3) is 0. The number of benzene rings is 7. The molecule has 0 atom stereocenters. The molecule has 8 rings (SSSR count). The van der Waals surface area contributed by atoms with Crippen LogP contribution in [0.15, 0.2) is 180 Å². The summed E-state index contributed by atoms with van der Waals surface area (Å²) in [5.74, 6) is 0.885. The van der Waals surface area contributed by atoms with Gasteiger partial charge in [0, 0.05) is 28.0 Å². The van der Waals surface area contributed by atoms with Crippen molar-refractivity contribution >= 4 is 38.8 Å². The number of nitrogens with zero attached hydrogens (tertiary/aromatic N) is 1. The largest absolute Gasteiger partial charge is 0.456 e. The quantitative estimate of drug-likeness (QED) is 0.200. The number of hydrogen-bond acceptors (Lipinski definition) is 2. The first-order valence-electron chi connectivity index (χ1n) is 14.9. The number of para-hydroxylation sites is 2. The van der Waals surface area contributed by atoms with Crippen molar-refractivity contribution in [2.75, 3.05) is 4.90 Å². The van der Waals surface area contributed by atoms with Crippen LogP contribution in [0.4, 0.5) is 17.1 Å². The number of fused-ring (bicyclic) bond motifs is 2. The fourth-order valence-electron chi connectivity index (χ4n) is 6.01. The molecule has 208 valence electrons. The highest BCUT2D eigenvalue weighted by Gasteiger charge is 2.14. The van der Waals surface area contributed by atoms with Crippen LogP contribution in [0.25, 0.3) is 55.3 Å². The van der Waals surface area contributed by atoms with Gasteiger partial charge in [-0.1, -0.05) is 115 Å². The predicted octanol–water partition coefficient (Wildman–Crippen LogP) is 12.1. The Morgan fingerprint density at radius 2 is 0.909 bits per heavy atom. The van der Waals surface area contributed by atoms with Gasteiger partial charge in [-0.2, -0.15) is 0 Å². The average molecular weight is 564 g/mol. The third kappa shape index (κ3) is 4.93. The van der Waals surface area contributed by atoms with E-state index in [9.17, 15) is 0 Å². The smallest absolute Gasteiger partial charge is 0.135 e. The summed E-state index contributed by atoms with van der Waals surface area (Å²) in [5, 5.41) is 3.51. The minimum Gasteiger partial charge on any atom is -0.456 e. The molecule has 0 aliphatic rings. The molecule has 1 heterocycles. The Bertz CT molecular complexity index is 2200. The van der Waals surface area contributed by atoms with Gasteiger partial charge in [0.05, 0.1) is 0 Å². The van der Waals surface area contributed by atoms with Crippen molar-refractivity contribution in [3.8, 4) is 33.6 Å². The summed E-state index contributed by atoms with van der Waals surface area (Å²) in [6.07, 6.45) is 0. The van der Waals surface area contributed by atoms with E-state index in [1.165, 1.54) is 27.5 Å². The van der Waals surface area contributed by atoms with E-state index in [1.807, 2.05) is 18.2 Å². The molecule has 0 N–H and O–H groups in total. The highest BCUT2D eigenvalue weighted by Crippen LogP contribution is 2.38. The van der Waals surface area contributed by atoms with Gasteiger partial charge in [0.1, 0.15) is 11.3 Å². The van der Waals surface area contributed by atoms with Gasteiger partial charge in [-0.3, -0.25) is 0 Å². The molecule has 8 aromatic rings. The Morgan fingerprint density at radius 1 is 0.318 bits per heavy atom. The van der Waals surface area contributed by atoms with E-state index < -0.39 is 0 Å². The second kappa shape index (κ2) is 11.1. The van der Waals surface area contributed by atoms with Crippen LogP contribution in [-0.4, -0.2) is 0 Å². The summed E-state index contributed by atoms with van der Waals surface area (Å²) in [6.45, 7) is 0. The molecular weight excluding hydrogens is 534 g/mol. The van der Waals surface area contributed by atoms with Gasteiger partial charge >= 0.3 is 0 Å². The maximum Gasteiger partial charge on any atom is 0.135 e. The van der Waals surface area contributed by atoms with Gasteiger partial charge in [-0.05, 0) is 93.7 Å². The van der Waals surface area contributed by atoms with Crippen LogP contribution in [-0.2, 0) is 0 Å². The number of furan rings is 1. The molecule has 2 heteroatoms. The van der Waals surface area contributed by atoms with Crippen molar-refractivity contribution < 1.29 is 4.42 Å². The zero-order valence-electron chi connectivity index (χ0n) is 24.1. The zero-order chi connectivity index (χ0) is 29.3. The number of rotatable bonds is 6. The molecule has 0 radical (unpaired) electrons. The molecule has 0 unspecified atom stereocenters. The molecule has 0 spiro atoms. The Hall–Kier alpha value is -5.86. The fourth-order valence-corrected chi connectivity index (χ4v) is 6.01. The van der Waals surface area contributed by atoms with E-state index in [2.05, 4.69) is 163 Å². The summed E-state index contributed by atoms with van der Waals surface area (Å²) >= 11 is 0. The molecule has 0 fully saturated rings. The molecular formula is C42H29NO. The van der Waals surface area contributed by atoms with Gasteiger partial charge in [0.25, 0.3) is 0 Å². The lowest BCUT2D eigenvalue weighted by molar-refractivity contribution is 0.631. The van der Waals surface area contributed by atoms with Crippen LogP contribution in [0.5, 0.6) is 0 Å². The third-order valence-electron chi connectivity index (χ3n) is 8.21. The molecule has 0 saturated carbocycles. The lowest BCUT2D eigenvalue weighted by Gasteiger charge is -2.26. The first-order chi connectivity index (χ1) is 21.8. The minimum atomic E-state index is 0.885. The van der Waals surface area contributed by atoms with Crippen molar-refractivity contribution in [3.63, 3.8) is 0 Å². The summed E-state index contributed by atoms with van der Waals surface area (Å²) in [4.78, 5) is 2.33. The standard InChI is InChI=1S/C42H29NO/c1-3-11-30(12-4-1)32-15-10-19-39(27-32)43(38-17-5-2-6-18-38)40-24-23-34-25-33(21-22-35(34)28-40)31-14-9-16-36(26-31)42-29-37-13-7-8-20-41(37)44-42/h1-29H. The summed E-state index contributed by atoms with van der Waals surface area (Å²) in [6, 6.07) is 62.2. The average Bonchev–Trinajstić information content (AvgIpc) is 3.54. The maximum absolute atomic E-state index is 6.15. The van der Waals surface area contributed by atoms with Crippen molar-refractivity contribution in [1.82, 2.24) is 0 Å². The lowest BCUT2D eigenvalue weighted by atomic mass is 9.98. The Balaban J connectivity index is 1.16. The van der Waals surface area contributed by atoms with Crippen LogP contribution in [0.1, 0.15) is 0 Å². The third-order valence-corrected chi connectivity index (χ3v) is 8.21. The molecule has 0 amide bonds. The minimum absolute atomic E-state index is 0.885. The van der Waals surface area contributed by atoms with E-state index in [1.54, 1.807) is 0 Å². The second-order valence-electron chi connectivity index (χ2n) is 11.1. The molecule has 7 aromatic carbocycles. The van der Waals surface area contributed by atoms with Crippen LogP contribution < -0.4 is 4.90 Å². The molecule has 0 aliphatic heterocycles. The first-order valence-corrected chi connectivity index (χ1v) is 14.9. The van der Waals surface area contributed by atoms with Gasteiger partial charge in [0.2, 0.25) is 0 Å². The highest BCUT2D eigenvalue weighted by molar-refractivity contribution is 5.93. The SMILES string of the molecule is c1ccc(-c2cccc(N(c3ccccc3)c3ccc4cc(-c5cccc(-c6cc7ccccc7o6)c5)ccc4c3)c2)cc1. The summed E-state index contributed by atoms with van der Waals surface area (Å²) in [7, 11) is 0. The molecule has 0 aliphatic carbocycles. The van der Waals surface area contributed by atoms with Crippen LogP contribution >= 0.6 is 0 Å². The molecule has 44 heavy (non-hydrogen) atoms. The van der Waals surface area contributed by atoms with E-state index in [0.717, 1.165) is 44.9 Å². The van der Waals surface area contributed by atoms with Crippen molar-refractivity contribution in [2.24, 2.45) is 0 Å². The van der Waals surface area contributed by atoms with Crippen LogP contribution in [0.2, 0.25) is 0 Å². The van der Waals surface area contributed by atoms with E-state index in [0.29, 0.717) is 0 Å². The second-order valence-corrected chi connectivity index (χ2v) is 11.1. The maximum atomic E-state index is 6.15. The number of anilines is 3. The Labute approximate surface area is 257 Å². The van der Waals surface area contributed by atoms with Crippen LogP contribution in [0.3, 0.4) is 0 Å². The van der Waals surface area contributed by atoms with E-state index in [-0.39, 0.29) is 0 Å². The van der Waals surface area contributed by atoms with E-state index in [4.69, 9.17) is 4.42 Å². The monoisotopic (exact) mass is 563 g/mol. The van der Waals surface area contributed by atoms with Crippen molar-refractivity contribution in [2.45, 2.75) is 0 Å². The highest BCUT2D eigenvalue weighted by atomic mass is 16.3. The summed E-state index contributed by atoms with van der Waals surface area (Å²) < 4.78 is 6.15. The Morgan fingerprint density at radius 3 is 1.75 bits per heavy atom. The normalized spacial score (nSPS) is 11.2. The molecule has 2 nitrogen and oxygen atoms in total. The van der Waals surface area contributed by atoms with Gasteiger partial charge in [0.15, 0.2) is 0 Å². The van der Waals surface area contributed by atoms with Gasteiger partial charge in [-0.25, -0.2) is 0 Å². The lowest BCUT2D eigenvalue weighted by Crippen LogP contribution is -2.09. The molecule has 1 aromatic heterocycles. The first kappa shape index (κ1) is 25.8. The van der Waals surface area contributed by atoms with Crippen LogP contribution in [0, 0.1) is 0 Å². The number of hydrogen-bond donors (Lipinski definition) is 0. The summed E-state index contributed by atoms with van der Waals surface area (Å²) in [5.41, 5.74) is 10.1. The molecule has 0 bridgehead atoms. The van der Waals surface area contributed by atoms with Crippen molar-refractivity contribution in [3.05, 3.63) is 176 Å².